The standard InChI is InChI=1S/C21H37N5O4.HI/c1-7-21(8-2,26-19(28)30-20(4,5)6)15-25-18(22-9-3)24-13-12-23-17(27)16-11-10-14-29-16;/h10-11,14H,7-9,12-13,15H2,1-6H3,(H,23,27)(H,26,28)(H2,22,24,25);1H. The molecule has 9 nitrogen and oxygen atoms in total. The van der Waals surface area contributed by atoms with E-state index in [-0.39, 0.29) is 35.6 Å². The molecule has 1 aromatic rings. The van der Waals surface area contributed by atoms with Gasteiger partial charge in [-0.2, -0.15) is 0 Å². The molecule has 0 saturated carbocycles. The molecule has 2 amide bonds. The van der Waals surface area contributed by atoms with Crippen LogP contribution in [0.3, 0.4) is 0 Å². The fourth-order valence-corrected chi connectivity index (χ4v) is 2.63. The summed E-state index contributed by atoms with van der Waals surface area (Å²) in [7, 11) is 0. The predicted molar refractivity (Wildman–Crippen MR) is 133 cm³/mol. The van der Waals surface area contributed by atoms with Crippen LogP contribution in [0.15, 0.2) is 27.8 Å². The molecule has 10 heteroatoms. The maximum Gasteiger partial charge on any atom is 0.408 e. The van der Waals surface area contributed by atoms with Crippen molar-refractivity contribution in [1.82, 2.24) is 21.3 Å². The minimum Gasteiger partial charge on any atom is -0.459 e. The molecular weight excluding hydrogens is 513 g/mol. The van der Waals surface area contributed by atoms with Crippen LogP contribution >= 0.6 is 24.0 Å². The van der Waals surface area contributed by atoms with Crippen LogP contribution < -0.4 is 21.3 Å². The molecule has 0 saturated heterocycles. The summed E-state index contributed by atoms with van der Waals surface area (Å²) in [6, 6.07) is 3.28. The fourth-order valence-electron chi connectivity index (χ4n) is 2.63. The number of nitrogens with zero attached hydrogens (tertiary/aromatic N) is 1. The molecule has 0 aliphatic heterocycles. The van der Waals surface area contributed by atoms with Crippen molar-refractivity contribution in [1.29, 1.82) is 0 Å². The summed E-state index contributed by atoms with van der Waals surface area (Å²) in [4.78, 5) is 28.8. The lowest BCUT2D eigenvalue weighted by atomic mass is 9.93. The van der Waals surface area contributed by atoms with Crippen molar-refractivity contribution in [3.05, 3.63) is 24.2 Å². The van der Waals surface area contributed by atoms with Crippen LogP contribution in [-0.4, -0.2) is 55.3 Å². The highest BCUT2D eigenvalue weighted by Crippen LogP contribution is 2.17. The molecule has 0 radical (unpaired) electrons. The number of amides is 2. The largest absolute Gasteiger partial charge is 0.459 e. The fraction of sp³-hybridized carbons (Fsp3) is 0.667. The van der Waals surface area contributed by atoms with Crippen LogP contribution in [0.1, 0.15) is 64.9 Å². The van der Waals surface area contributed by atoms with Gasteiger partial charge < -0.3 is 30.4 Å². The molecule has 1 heterocycles. The molecule has 0 bridgehead atoms. The summed E-state index contributed by atoms with van der Waals surface area (Å²) in [5.74, 6) is 0.628. The Labute approximate surface area is 202 Å². The Morgan fingerprint density at radius 2 is 1.71 bits per heavy atom. The first kappa shape index (κ1) is 29.0. The molecule has 4 N–H and O–H groups in total. The first-order valence-corrected chi connectivity index (χ1v) is 10.5. The second-order valence-corrected chi connectivity index (χ2v) is 7.97. The molecule has 0 aromatic carbocycles. The predicted octanol–water partition coefficient (Wildman–Crippen LogP) is 3.27. The third-order valence-electron chi connectivity index (χ3n) is 4.45. The first-order chi connectivity index (χ1) is 14.1. The number of furan rings is 1. The van der Waals surface area contributed by atoms with Crippen molar-refractivity contribution in [2.75, 3.05) is 26.2 Å². The molecule has 0 aliphatic carbocycles. The zero-order chi connectivity index (χ0) is 22.6. The van der Waals surface area contributed by atoms with E-state index in [4.69, 9.17) is 9.15 Å². The van der Waals surface area contributed by atoms with Gasteiger partial charge in [-0.15, -0.1) is 24.0 Å². The Hall–Kier alpha value is -1.98. The number of hydrogen-bond acceptors (Lipinski definition) is 5. The van der Waals surface area contributed by atoms with Crippen LogP contribution in [-0.2, 0) is 4.74 Å². The minimum atomic E-state index is -0.558. The number of ether oxygens (including phenoxy) is 1. The number of carbonyl (C=O) groups excluding carboxylic acids is 2. The van der Waals surface area contributed by atoms with E-state index >= 15 is 0 Å². The third kappa shape index (κ3) is 11.3. The highest BCUT2D eigenvalue weighted by atomic mass is 127. The molecule has 0 unspecified atom stereocenters. The Bertz CT molecular complexity index is 682. The summed E-state index contributed by atoms with van der Waals surface area (Å²) in [6.07, 6.45) is 2.44. The lowest BCUT2D eigenvalue weighted by Crippen LogP contribution is -2.52. The second kappa shape index (κ2) is 14.2. The van der Waals surface area contributed by atoms with Gasteiger partial charge in [0.25, 0.3) is 5.91 Å². The van der Waals surface area contributed by atoms with E-state index in [1.54, 1.807) is 12.1 Å². The minimum absolute atomic E-state index is 0. The number of carbonyl (C=O) groups is 2. The van der Waals surface area contributed by atoms with E-state index in [1.807, 2.05) is 41.5 Å². The molecule has 178 valence electrons. The van der Waals surface area contributed by atoms with Gasteiger partial charge in [0, 0.05) is 19.6 Å². The Morgan fingerprint density at radius 3 is 2.23 bits per heavy atom. The SMILES string of the molecule is CCNC(=NCC(CC)(CC)NC(=O)OC(C)(C)C)NCCNC(=O)c1ccco1.I. The van der Waals surface area contributed by atoms with Crippen LogP contribution in [0, 0.1) is 0 Å². The Kier molecular flexibility index (Phi) is 13.2. The van der Waals surface area contributed by atoms with Crippen molar-refractivity contribution < 1.29 is 18.7 Å². The number of hydrogen-bond donors (Lipinski definition) is 4. The summed E-state index contributed by atoms with van der Waals surface area (Å²) >= 11 is 0. The van der Waals surface area contributed by atoms with E-state index in [9.17, 15) is 9.59 Å². The van der Waals surface area contributed by atoms with Crippen LogP contribution in [0.25, 0.3) is 0 Å². The van der Waals surface area contributed by atoms with E-state index in [1.165, 1.54) is 6.26 Å². The number of guanidine groups is 1. The lowest BCUT2D eigenvalue weighted by Gasteiger charge is -2.32. The normalized spacial score (nSPS) is 11.9. The van der Waals surface area contributed by atoms with Gasteiger partial charge in [-0.3, -0.25) is 9.79 Å². The molecule has 31 heavy (non-hydrogen) atoms. The maximum absolute atomic E-state index is 12.3. The van der Waals surface area contributed by atoms with E-state index in [2.05, 4.69) is 26.3 Å². The van der Waals surface area contributed by atoms with Gasteiger partial charge in [0.15, 0.2) is 11.7 Å². The number of rotatable bonds is 10. The molecule has 0 atom stereocenters. The van der Waals surface area contributed by atoms with E-state index in [0.29, 0.717) is 45.0 Å². The van der Waals surface area contributed by atoms with Gasteiger partial charge in [-0.25, -0.2) is 4.79 Å². The third-order valence-corrected chi connectivity index (χ3v) is 4.45. The molecule has 0 aliphatic rings. The molecular formula is C21H38IN5O4. The zero-order valence-corrected chi connectivity index (χ0v) is 21.8. The van der Waals surface area contributed by atoms with Crippen molar-refractivity contribution >= 4 is 41.9 Å². The Balaban J connectivity index is 0.00000900. The monoisotopic (exact) mass is 551 g/mol. The van der Waals surface area contributed by atoms with Gasteiger partial charge in [0.1, 0.15) is 5.60 Å². The van der Waals surface area contributed by atoms with Gasteiger partial charge in [-0.1, -0.05) is 13.8 Å². The van der Waals surface area contributed by atoms with Gasteiger partial charge >= 0.3 is 6.09 Å². The van der Waals surface area contributed by atoms with Crippen molar-refractivity contribution in [2.45, 2.75) is 65.5 Å². The molecule has 0 fully saturated rings. The number of alkyl carbamates (subject to hydrolysis) is 1. The molecule has 1 aromatic heterocycles. The summed E-state index contributed by atoms with van der Waals surface area (Å²) in [5.41, 5.74) is -1.06. The summed E-state index contributed by atoms with van der Waals surface area (Å²) in [5, 5.41) is 12.1. The topological polar surface area (TPSA) is 117 Å². The average Bonchev–Trinajstić information content (AvgIpc) is 3.21. The van der Waals surface area contributed by atoms with Crippen molar-refractivity contribution in [3.8, 4) is 0 Å². The molecule has 1 rings (SSSR count). The zero-order valence-electron chi connectivity index (χ0n) is 19.5. The first-order valence-electron chi connectivity index (χ1n) is 10.5. The number of nitrogens with one attached hydrogen (secondary N) is 4. The summed E-state index contributed by atoms with van der Waals surface area (Å²) < 4.78 is 10.5. The van der Waals surface area contributed by atoms with E-state index < -0.39 is 17.2 Å². The van der Waals surface area contributed by atoms with Gasteiger partial charge in [0.2, 0.25) is 0 Å². The van der Waals surface area contributed by atoms with Crippen LogP contribution in [0.5, 0.6) is 0 Å². The van der Waals surface area contributed by atoms with Gasteiger partial charge in [-0.05, 0) is 52.7 Å². The number of aliphatic imine (C=N–C) groups is 1. The van der Waals surface area contributed by atoms with Crippen molar-refractivity contribution in [2.24, 2.45) is 4.99 Å². The van der Waals surface area contributed by atoms with Crippen LogP contribution in [0.2, 0.25) is 0 Å². The average molecular weight is 551 g/mol. The van der Waals surface area contributed by atoms with Gasteiger partial charge in [0.05, 0.1) is 18.3 Å². The Morgan fingerprint density at radius 1 is 1.06 bits per heavy atom. The quantitative estimate of drug-likeness (QED) is 0.154. The lowest BCUT2D eigenvalue weighted by molar-refractivity contribution is 0.0451. The maximum atomic E-state index is 12.3. The second-order valence-electron chi connectivity index (χ2n) is 7.97. The number of halogens is 1. The molecule has 0 spiro atoms. The van der Waals surface area contributed by atoms with E-state index in [0.717, 1.165) is 0 Å². The smallest absolute Gasteiger partial charge is 0.408 e. The highest BCUT2D eigenvalue weighted by Gasteiger charge is 2.30. The van der Waals surface area contributed by atoms with Crippen molar-refractivity contribution in [3.63, 3.8) is 0 Å². The summed E-state index contributed by atoms with van der Waals surface area (Å²) in [6.45, 7) is 13.5. The highest BCUT2D eigenvalue weighted by molar-refractivity contribution is 14.0. The van der Waals surface area contributed by atoms with Crippen LogP contribution in [0.4, 0.5) is 4.79 Å².